The first-order chi connectivity index (χ1) is 9.13. The van der Waals surface area contributed by atoms with Gasteiger partial charge in [0, 0.05) is 19.6 Å². The van der Waals surface area contributed by atoms with E-state index in [9.17, 15) is 4.79 Å². The highest BCUT2D eigenvalue weighted by Gasteiger charge is 2.47. The maximum absolute atomic E-state index is 11.0. The number of methoxy groups -OCH3 is 2. The highest BCUT2D eigenvalue weighted by Crippen LogP contribution is 2.53. The van der Waals surface area contributed by atoms with Crippen LogP contribution in [-0.4, -0.2) is 31.9 Å². The van der Waals surface area contributed by atoms with E-state index in [-0.39, 0.29) is 17.9 Å². The quantitative estimate of drug-likeness (QED) is 0.822. The molecule has 1 aromatic carbocycles. The van der Waals surface area contributed by atoms with Crippen molar-refractivity contribution in [3.8, 4) is 0 Å². The van der Waals surface area contributed by atoms with Gasteiger partial charge in [0.05, 0.1) is 13.0 Å². The van der Waals surface area contributed by atoms with Gasteiger partial charge in [-0.1, -0.05) is 24.3 Å². The molecule has 1 unspecified atom stereocenters. The smallest absolute Gasteiger partial charge is 0.304 e. The molecule has 1 aliphatic rings. The highest BCUT2D eigenvalue weighted by molar-refractivity contribution is 5.70. The second-order valence-electron chi connectivity index (χ2n) is 5.12. The predicted molar refractivity (Wildman–Crippen MR) is 71.2 cm³/mol. The number of hydrogen-bond donors (Lipinski definition) is 1. The van der Waals surface area contributed by atoms with Crippen molar-refractivity contribution in [3.05, 3.63) is 35.4 Å². The largest absolute Gasteiger partial charge is 0.481 e. The van der Waals surface area contributed by atoms with Gasteiger partial charge in [0.1, 0.15) is 6.10 Å². The summed E-state index contributed by atoms with van der Waals surface area (Å²) in [5.41, 5.74) is 1.94. The zero-order valence-electron chi connectivity index (χ0n) is 11.4. The molecule has 4 heteroatoms. The van der Waals surface area contributed by atoms with Crippen LogP contribution in [0, 0.1) is 0 Å². The summed E-state index contributed by atoms with van der Waals surface area (Å²) < 4.78 is 10.7. The summed E-state index contributed by atoms with van der Waals surface area (Å²) in [6.07, 6.45) is 1.90. The van der Waals surface area contributed by atoms with Crippen LogP contribution in [0.25, 0.3) is 0 Å². The van der Waals surface area contributed by atoms with Crippen LogP contribution in [0.3, 0.4) is 0 Å². The Morgan fingerprint density at radius 3 is 2.58 bits per heavy atom. The lowest BCUT2D eigenvalue weighted by Gasteiger charge is -2.23. The fraction of sp³-hybridized carbons (Fsp3) is 0.533. The molecule has 0 amide bonds. The second kappa shape index (κ2) is 5.72. The Balaban J connectivity index is 2.33. The average molecular weight is 264 g/mol. The van der Waals surface area contributed by atoms with E-state index < -0.39 is 5.97 Å². The number of carbonyl (C=O) groups is 1. The standard InChI is InChI=1S/C15H20O4/c1-18-10-13(19-2)11-5-3-4-6-12(11)15(7-8-15)9-14(16)17/h3-6,13H,7-10H2,1-2H3,(H,16,17). The van der Waals surface area contributed by atoms with Gasteiger partial charge in [-0.2, -0.15) is 0 Å². The molecule has 0 aromatic heterocycles. The molecule has 0 aliphatic heterocycles. The first-order valence-electron chi connectivity index (χ1n) is 6.46. The molecule has 0 radical (unpaired) electrons. The highest BCUT2D eigenvalue weighted by atomic mass is 16.5. The number of carboxylic acid groups (broad SMARTS) is 1. The number of rotatable bonds is 7. The predicted octanol–water partition coefficient (Wildman–Crippen LogP) is 2.53. The van der Waals surface area contributed by atoms with Crippen LogP contribution in [-0.2, 0) is 19.7 Å². The monoisotopic (exact) mass is 264 g/mol. The lowest BCUT2D eigenvalue weighted by Crippen LogP contribution is -2.19. The molecule has 0 saturated heterocycles. The van der Waals surface area contributed by atoms with Crippen LogP contribution in [0.4, 0.5) is 0 Å². The third-order valence-corrected chi connectivity index (χ3v) is 3.82. The van der Waals surface area contributed by atoms with Crippen LogP contribution < -0.4 is 0 Å². The van der Waals surface area contributed by atoms with Crippen LogP contribution in [0.2, 0.25) is 0 Å². The Bertz CT molecular complexity index is 451. The van der Waals surface area contributed by atoms with Gasteiger partial charge in [-0.3, -0.25) is 4.79 Å². The summed E-state index contributed by atoms with van der Waals surface area (Å²) in [6.45, 7) is 0.469. The topological polar surface area (TPSA) is 55.8 Å². The molecule has 104 valence electrons. The summed E-state index contributed by atoms with van der Waals surface area (Å²) in [7, 11) is 3.29. The zero-order chi connectivity index (χ0) is 13.9. The molecule has 1 N–H and O–H groups in total. The first kappa shape index (κ1) is 14.0. The van der Waals surface area contributed by atoms with Crippen molar-refractivity contribution in [2.45, 2.75) is 30.8 Å². The molecule has 1 atom stereocenters. The normalized spacial score (nSPS) is 18.0. The van der Waals surface area contributed by atoms with Crippen LogP contribution >= 0.6 is 0 Å². The van der Waals surface area contributed by atoms with Crippen molar-refractivity contribution in [3.63, 3.8) is 0 Å². The maximum atomic E-state index is 11.0. The average Bonchev–Trinajstić information content (AvgIpc) is 3.16. The molecule has 0 heterocycles. The Labute approximate surface area is 113 Å². The Kier molecular flexibility index (Phi) is 4.22. The summed E-state index contributed by atoms with van der Waals surface area (Å²) in [5.74, 6) is -0.743. The van der Waals surface area contributed by atoms with Gasteiger partial charge >= 0.3 is 5.97 Å². The van der Waals surface area contributed by atoms with Gasteiger partial charge in [-0.15, -0.1) is 0 Å². The van der Waals surface area contributed by atoms with Gasteiger partial charge < -0.3 is 14.6 Å². The van der Waals surface area contributed by atoms with Crippen molar-refractivity contribution >= 4 is 5.97 Å². The number of carboxylic acids is 1. The summed E-state index contributed by atoms with van der Waals surface area (Å²) in [5, 5.41) is 9.08. The Morgan fingerprint density at radius 1 is 1.37 bits per heavy atom. The number of aliphatic carboxylic acids is 1. The van der Waals surface area contributed by atoms with Gasteiger partial charge in [0.15, 0.2) is 0 Å². The molecule has 0 bridgehead atoms. The molecule has 1 aromatic rings. The van der Waals surface area contributed by atoms with Gasteiger partial charge in [-0.05, 0) is 24.0 Å². The molecule has 4 nitrogen and oxygen atoms in total. The third-order valence-electron chi connectivity index (χ3n) is 3.82. The van der Waals surface area contributed by atoms with E-state index in [2.05, 4.69) is 0 Å². The van der Waals surface area contributed by atoms with Crippen LogP contribution in [0.15, 0.2) is 24.3 Å². The van der Waals surface area contributed by atoms with Crippen LogP contribution in [0.1, 0.15) is 36.5 Å². The zero-order valence-corrected chi connectivity index (χ0v) is 11.4. The van der Waals surface area contributed by atoms with E-state index in [4.69, 9.17) is 14.6 Å². The van der Waals surface area contributed by atoms with E-state index >= 15 is 0 Å². The van der Waals surface area contributed by atoms with E-state index in [0.29, 0.717) is 6.61 Å². The molecular formula is C15H20O4. The molecule has 1 fully saturated rings. The summed E-state index contributed by atoms with van der Waals surface area (Å²) in [6, 6.07) is 7.94. The lowest BCUT2D eigenvalue weighted by molar-refractivity contribution is -0.137. The summed E-state index contributed by atoms with van der Waals surface area (Å²) >= 11 is 0. The fourth-order valence-electron chi connectivity index (χ4n) is 2.68. The van der Waals surface area contributed by atoms with Gasteiger partial charge in [0.2, 0.25) is 0 Å². The maximum Gasteiger partial charge on any atom is 0.304 e. The molecule has 2 rings (SSSR count). The fourth-order valence-corrected chi connectivity index (χ4v) is 2.68. The van der Waals surface area contributed by atoms with E-state index in [1.165, 1.54) is 0 Å². The van der Waals surface area contributed by atoms with Crippen molar-refractivity contribution in [2.24, 2.45) is 0 Å². The summed E-state index contributed by atoms with van der Waals surface area (Å²) in [4.78, 5) is 11.0. The van der Waals surface area contributed by atoms with E-state index in [1.807, 2.05) is 24.3 Å². The van der Waals surface area contributed by atoms with Gasteiger partial charge in [-0.25, -0.2) is 0 Å². The Hall–Kier alpha value is -1.39. The molecule has 1 aliphatic carbocycles. The minimum atomic E-state index is -0.743. The second-order valence-corrected chi connectivity index (χ2v) is 5.12. The minimum absolute atomic E-state index is 0.146. The van der Waals surface area contributed by atoms with E-state index in [0.717, 1.165) is 24.0 Å². The van der Waals surface area contributed by atoms with Crippen molar-refractivity contribution in [1.29, 1.82) is 0 Å². The minimum Gasteiger partial charge on any atom is -0.481 e. The Morgan fingerprint density at radius 2 is 2.05 bits per heavy atom. The number of ether oxygens (including phenoxy) is 2. The van der Waals surface area contributed by atoms with Crippen molar-refractivity contribution in [1.82, 2.24) is 0 Å². The number of hydrogen-bond acceptors (Lipinski definition) is 3. The van der Waals surface area contributed by atoms with Crippen LogP contribution in [0.5, 0.6) is 0 Å². The lowest BCUT2D eigenvalue weighted by atomic mass is 9.86. The molecule has 19 heavy (non-hydrogen) atoms. The molecular weight excluding hydrogens is 244 g/mol. The third kappa shape index (κ3) is 2.96. The first-order valence-corrected chi connectivity index (χ1v) is 6.46. The molecule has 1 saturated carbocycles. The van der Waals surface area contributed by atoms with Gasteiger partial charge in [0.25, 0.3) is 0 Å². The SMILES string of the molecule is COCC(OC)c1ccccc1C1(CC(=O)O)CC1. The van der Waals surface area contributed by atoms with Crippen molar-refractivity contribution in [2.75, 3.05) is 20.8 Å². The molecule has 0 spiro atoms. The van der Waals surface area contributed by atoms with Crippen molar-refractivity contribution < 1.29 is 19.4 Å². The van der Waals surface area contributed by atoms with E-state index in [1.54, 1.807) is 14.2 Å². The number of benzene rings is 1.